The van der Waals surface area contributed by atoms with Crippen molar-refractivity contribution in [2.45, 2.75) is 6.42 Å². The Morgan fingerprint density at radius 1 is 1.15 bits per heavy atom. The van der Waals surface area contributed by atoms with E-state index in [0.29, 0.717) is 17.8 Å². The van der Waals surface area contributed by atoms with Gasteiger partial charge in [-0.15, -0.1) is 0 Å². The maximum Gasteiger partial charge on any atom is 0.329 e. The Balaban J connectivity index is 1.43. The highest BCUT2D eigenvalue weighted by Crippen LogP contribution is 2.17. The molecule has 2 heterocycles. The highest BCUT2D eigenvalue weighted by atomic mass is 16.2. The lowest BCUT2D eigenvalue weighted by atomic mass is 10.2. The van der Waals surface area contributed by atoms with Gasteiger partial charge in [0.25, 0.3) is 5.91 Å². The molecule has 2 aromatic rings. The molecule has 0 saturated carbocycles. The molecule has 3 rings (SSSR count). The molecule has 134 valence electrons. The van der Waals surface area contributed by atoms with Crippen molar-refractivity contribution in [3.05, 3.63) is 54.4 Å². The molecule has 1 aliphatic heterocycles. The quantitative estimate of drug-likeness (QED) is 0.515. The number of benzene rings is 1. The van der Waals surface area contributed by atoms with Crippen LogP contribution in [0.3, 0.4) is 0 Å². The number of pyridine rings is 1. The van der Waals surface area contributed by atoms with Crippen LogP contribution in [-0.2, 0) is 4.79 Å². The summed E-state index contributed by atoms with van der Waals surface area (Å²) in [5.74, 6) is -0.517. The Hall–Kier alpha value is -3.42. The summed E-state index contributed by atoms with van der Waals surface area (Å²) in [6.45, 7) is 1.26. The zero-order valence-electron chi connectivity index (χ0n) is 14.1. The van der Waals surface area contributed by atoms with E-state index in [1.165, 1.54) is 4.90 Å². The van der Waals surface area contributed by atoms with Gasteiger partial charge in [-0.25, -0.2) is 4.79 Å². The molecule has 1 aromatic carbocycles. The second kappa shape index (κ2) is 8.11. The minimum Gasteiger partial charge on any atom is -0.384 e. The molecule has 1 aromatic heterocycles. The molecule has 4 amide bonds. The minimum atomic E-state index is -0.451. The van der Waals surface area contributed by atoms with Crippen LogP contribution < -0.4 is 20.9 Å². The van der Waals surface area contributed by atoms with Gasteiger partial charge in [0.15, 0.2) is 0 Å². The molecule has 0 unspecified atom stereocenters. The molecule has 0 atom stereocenters. The van der Waals surface area contributed by atoms with Crippen LogP contribution in [0.1, 0.15) is 16.8 Å². The fourth-order valence-corrected chi connectivity index (χ4v) is 2.54. The van der Waals surface area contributed by atoms with E-state index in [4.69, 9.17) is 0 Å². The van der Waals surface area contributed by atoms with E-state index in [2.05, 4.69) is 20.9 Å². The number of urea groups is 1. The molecule has 8 heteroatoms. The fourth-order valence-electron chi connectivity index (χ4n) is 2.54. The molecule has 0 aliphatic carbocycles. The van der Waals surface area contributed by atoms with Gasteiger partial charge in [0, 0.05) is 36.7 Å². The third-order valence-electron chi connectivity index (χ3n) is 3.86. The molecule has 3 N–H and O–H groups in total. The number of hydrogen-bond acceptors (Lipinski definition) is 5. The van der Waals surface area contributed by atoms with Gasteiger partial charge >= 0.3 is 6.03 Å². The van der Waals surface area contributed by atoms with E-state index in [9.17, 15) is 14.4 Å². The molecule has 0 radical (unpaired) electrons. The Morgan fingerprint density at radius 2 is 1.96 bits per heavy atom. The van der Waals surface area contributed by atoms with Crippen LogP contribution >= 0.6 is 0 Å². The first-order valence-corrected chi connectivity index (χ1v) is 8.27. The van der Waals surface area contributed by atoms with Crippen LogP contribution in [0.4, 0.5) is 16.2 Å². The molecular formula is C18H19N5O3. The van der Waals surface area contributed by atoms with E-state index in [1.807, 2.05) is 12.1 Å². The first kappa shape index (κ1) is 17.4. The second-order valence-electron chi connectivity index (χ2n) is 5.76. The van der Waals surface area contributed by atoms with E-state index in [-0.39, 0.29) is 18.4 Å². The zero-order chi connectivity index (χ0) is 18.4. The third kappa shape index (κ3) is 4.35. The first-order chi connectivity index (χ1) is 12.6. The average Bonchev–Trinajstić information content (AvgIpc) is 3.00. The van der Waals surface area contributed by atoms with E-state index >= 15 is 0 Å². The van der Waals surface area contributed by atoms with Crippen LogP contribution in [0.15, 0.2) is 48.8 Å². The van der Waals surface area contributed by atoms with Gasteiger partial charge in [0.05, 0.1) is 5.69 Å². The highest BCUT2D eigenvalue weighted by Gasteiger charge is 2.27. The maximum absolute atomic E-state index is 12.1. The minimum absolute atomic E-state index is 0.00564. The summed E-state index contributed by atoms with van der Waals surface area (Å²) in [4.78, 5) is 40.3. The number of carbonyl (C=O) groups excluding carboxylic acids is 3. The summed E-state index contributed by atoms with van der Waals surface area (Å²) in [6, 6.07) is 9.90. The predicted octanol–water partition coefficient (Wildman–Crippen LogP) is 1.37. The number of anilines is 2. The number of nitrogens with zero attached hydrogens (tertiary/aromatic N) is 2. The van der Waals surface area contributed by atoms with E-state index in [0.717, 1.165) is 18.7 Å². The van der Waals surface area contributed by atoms with Gasteiger partial charge < -0.3 is 10.6 Å². The zero-order valence-corrected chi connectivity index (χ0v) is 14.1. The van der Waals surface area contributed by atoms with Crippen LogP contribution in [0.5, 0.6) is 0 Å². The standard InChI is InChI=1S/C18H19N5O3/c24-16-12-23(18(26)22-16)15-6-4-13(5-7-15)17(25)21-10-2-9-20-14-3-1-8-19-11-14/h1,3-8,11,20H,2,9-10,12H2,(H,21,25)(H,22,24,26). The summed E-state index contributed by atoms with van der Waals surface area (Å²) in [5, 5.41) is 8.28. The molecule has 1 aliphatic rings. The molecule has 8 nitrogen and oxygen atoms in total. The van der Waals surface area contributed by atoms with Gasteiger partial charge in [0.1, 0.15) is 6.54 Å². The summed E-state index contributed by atoms with van der Waals surface area (Å²) >= 11 is 0. The normalized spacial score (nSPS) is 13.5. The van der Waals surface area contributed by atoms with Gasteiger partial charge in [-0.3, -0.25) is 24.8 Å². The predicted molar refractivity (Wildman–Crippen MR) is 97.0 cm³/mol. The third-order valence-corrected chi connectivity index (χ3v) is 3.86. The molecule has 0 spiro atoms. The van der Waals surface area contributed by atoms with Gasteiger partial charge in [-0.1, -0.05) is 0 Å². The lowest BCUT2D eigenvalue weighted by molar-refractivity contribution is -0.117. The monoisotopic (exact) mass is 353 g/mol. The van der Waals surface area contributed by atoms with Gasteiger partial charge in [-0.05, 0) is 42.8 Å². The fraction of sp³-hybridized carbons (Fsp3) is 0.222. The highest BCUT2D eigenvalue weighted by molar-refractivity contribution is 6.12. The number of amides is 4. The topological polar surface area (TPSA) is 103 Å². The second-order valence-corrected chi connectivity index (χ2v) is 5.76. The molecule has 1 fully saturated rings. The maximum atomic E-state index is 12.1. The van der Waals surface area contributed by atoms with Crippen molar-refractivity contribution in [3.8, 4) is 0 Å². The number of hydrogen-bond donors (Lipinski definition) is 3. The Morgan fingerprint density at radius 3 is 2.62 bits per heavy atom. The lowest BCUT2D eigenvalue weighted by Gasteiger charge is -2.13. The Kier molecular flexibility index (Phi) is 5.43. The summed E-state index contributed by atoms with van der Waals surface area (Å²) in [5.41, 5.74) is 2.02. The van der Waals surface area contributed by atoms with Crippen LogP contribution in [0.25, 0.3) is 0 Å². The smallest absolute Gasteiger partial charge is 0.329 e. The van der Waals surface area contributed by atoms with Gasteiger partial charge in [0.2, 0.25) is 5.91 Å². The van der Waals surface area contributed by atoms with Crippen molar-refractivity contribution in [2.75, 3.05) is 29.9 Å². The van der Waals surface area contributed by atoms with Crippen LogP contribution in [0.2, 0.25) is 0 Å². The number of aromatic nitrogens is 1. The number of nitrogens with one attached hydrogen (secondary N) is 3. The van der Waals surface area contributed by atoms with Crippen LogP contribution in [0, 0.1) is 0 Å². The average molecular weight is 353 g/mol. The van der Waals surface area contributed by atoms with E-state index in [1.54, 1.807) is 36.7 Å². The van der Waals surface area contributed by atoms with Crippen molar-refractivity contribution in [3.63, 3.8) is 0 Å². The van der Waals surface area contributed by atoms with Crippen molar-refractivity contribution >= 4 is 29.2 Å². The molecule has 26 heavy (non-hydrogen) atoms. The Labute approximate surface area is 150 Å². The van der Waals surface area contributed by atoms with E-state index < -0.39 is 6.03 Å². The molecule has 1 saturated heterocycles. The molecule has 0 bridgehead atoms. The SMILES string of the molecule is O=C1CN(c2ccc(C(=O)NCCCNc3cccnc3)cc2)C(=O)N1. The number of rotatable bonds is 7. The lowest BCUT2D eigenvalue weighted by Crippen LogP contribution is -2.28. The van der Waals surface area contributed by atoms with Gasteiger partial charge in [-0.2, -0.15) is 0 Å². The Bertz CT molecular complexity index is 792. The van der Waals surface area contributed by atoms with Crippen molar-refractivity contribution in [1.82, 2.24) is 15.6 Å². The number of carbonyl (C=O) groups is 3. The van der Waals surface area contributed by atoms with Crippen molar-refractivity contribution in [1.29, 1.82) is 0 Å². The van der Waals surface area contributed by atoms with Crippen molar-refractivity contribution in [2.24, 2.45) is 0 Å². The summed E-state index contributed by atoms with van der Waals surface area (Å²) in [6.07, 6.45) is 4.23. The summed E-state index contributed by atoms with van der Waals surface area (Å²) in [7, 11) is 0. The molecular weight excluding hydrogens is 334 g/mol. The summed E-state index contributed by atoms with van der Waals surface area (Å²) < 4.78 is 0. The van der Waals surface area contributed by atoms with Crippen molar-refractivity contribution < 1.29 is 14.4 Å². The first-order valence-electron chi connectivity index (χ1n) is 8.27. The largest absolute Gasteiger partial charge is 0.384 e. The van der Waals surface area contributed by atoms with Crippen LogP contribution in [-0.4, -0.2) is 42.5 Å². The number of imide groups is 1.